The van der Waals surface area contributed by atoms with E-state index in [4.69, 9.17) is 4.74 Å². The molecule has 2 aromatic rings. The van der Waals surface area contributed by atoms with Gasteiger partial charge in [-0.2, -0.15) is 0 Å². The van der Waals surface area contributed by atoms with Gasteiger partial charge in [-0.15, -0.1) is 0 Å². The molecule has 1 aliphatic rings. The minimum atomic E-state index is -0.234. The number of rotatable bonds is 6. The molecule has 0 aromatic heterocycles. The second-order valence-corrected chi connectivity index (χ2v) is 6.45. The van der Waals surface area contributed by atoms with Crippen LogP contribution < -0.4 is 10.1 Å². The fourth-order valence-corrected chi connectivity index (χ4v) is 3.03. The van der Waals surface area contributed by atoms with Crippen molar-refractivity contribution in [2.45, 2.75) is 51.0 Å². The van der Waals surface area contributed by atoms with Crippen LogP contribution in [0.3, 0.4) is 0 Å². The third-order valence-electron chi connectivity index (χ3n) is 4.51. The number of ether oxygens (including phenoxy) is 1. The quantitative estimate of drug-likeness (QED) is 0.847. The number of aliphatic hydroxyl groups is 1. The lowest BCUT2D eigenvalue weighted by Crippen LogP contribution is -2.34. The Hall–Kier alpha value is -1.91. The van der Waals surface area contributed by atoms with Gasteiger partial charge in [0.15, 0.2) is 0 Å². The Kier molecular flexibility index (Phi) is 5.83. The summed E-state index contributed by atoms with van der Waals surface area (Å²) in [4.78, 5) is 0. The predicted octanol–water partition coefficient (Wildman–Crippen LogP) is 3.80. The van der Waals surface area contributed by atoms with E-state index in [-0.39, 0.29) is 11.9 Å². The molecule has 3 rings (SSSR count). The maximum atomic E-state index is 12.9. The van der Waals surface area contributed by atoms with E-state index in [1.54, 1.807) is 12.1 Å². The van der Waals surface area contributed by atoms with E-state index in [1.165, 1.54) is 17.7 Å². The highest BCUT2D eigenvalue weighted by Gasteiger charge is 2.18. The molecule has 0 radical (unpaired) electrons. The summed E-state index contributed by atoms with van der Waals surface area (Å²) >= 11 is 0. The lowest BCUT2D eigenvalue weighted by Gasteiger charge is -2.26. The maximum absolute atomic E-state index is 12.9. The van der Waals surface area contributed by atoms with Crippen molar-refractivity contribution in [3.05, 3.63) is 65.5 Å². The fourth-order valence-electron chi connectivity index (χ4n) is 3.03. The van der Waals surface area contributed by atoms with Crippen molar-refractivity contribution >= 4 is 0 Å². The van der Waals surface area contributed by atoms with Gasteiger partial charge in [-0.05, 0) is 61.1 Å². The zero-order valence-electron chi connectivity index (χ0n) is 13.7. The lowest BCUT2D eigenvalue weighted by molar-refractivity contribution is 0.116. The van der Waals surface area contributed by atoms with E-state index in [9.17, 15) is 9.50 Å². The van der Waals surface area contributed by atoms with Gasteiger partial charge in [0.2, 0.25) is 0 Å². The summed E-state index contributed by atoms with van der Waals surface area (Å²) in [6, 6.07) is 14.9. The normalized spacial score (nSPS) is 20.8. The van der Waals surface area contributed by atoms with Crippen molar-refractivity contribution in [3.8, 4) is 5.75 Å². The highest BCUT2D eigenvalue weighted by atomic mass is 19.1. The number of benzene rings is 2. The van der Waals surface area contributed by atoms with E-state index in [0.29, 0.717) is 12.6 Å². The molecule has 0 saturated heterocycles. The van der Waals surface area contributed by atoms with Gasteiger partial charge >= 0.3 is 0 Å². The molecule has 0 unspecified atom stereocenters. The molecule has 0 amide bonds. The van der Waals surface area contributed by atoms with Crippen LogP contribution in [0.2, 0.25) is 0 Å². The Labute approximate surface area is 142 Å². The maximum Gasteiger partial charge on any atom is 0.123 e. The third kappa shape index (κ3) is 5.05. The molecule has 24 heavy (non-hydrogen) atoms. The molecule has 1 aliphatic carbocycles. The third-order valence-corrected chi connectivity index (χ3v) is 4.51. The molecule has 0 atom stereocenters. The van der Waals surface area contributed by atoms with Crippen LogP contribution in [0.1, 0.15) is 36.8 Å². The Bertz CT molecular complexity index is 636. The summed E-state index contributed by atoms with van der Waals surface area (Å²) in [5.41, 5.74) is 2.12. The van der Waals surface area contributed by atoms with E-state index in [2.05, 4.69) is 11.4 Å². The lowest BCUT2D eigenvalue weighted by atomic mass is 9.93. The van der Waals surface area contributed by atoms with Crippen LogP contribution in [-0.2, 0) is 13.2 Å². The number of hydrogen-bond acceptors (Lipinski definition) is 3. The minimum absolute atomic E-state index is 0.119. The average Bonchev–Trinajstić information content (AvgIpc) is 2.61. The summed E-state index contributed by atoms with van der Waals surface area (Å²) in [6.45, 7) is 1.23. The van der Waals surface area contributed by atoms with Crippen molar-refractivity contribution in [1.29, 1.82) is 0 Å². The van der Waals surface area contributed by atoms with Crippen LogP contribution in [0.25, 0.3) is 0 Å². The smallest absolute Gasteiger partial charge is 0.123 e. The number of nitrogens with one attached hydrogen (secondary N) is 1. The SMILES string of the molecule is OC1CCC(NCc2cccc(OCc3ccc(F)cc3)c2)CC1. The Morgan fingerprint density at radius 1 is 1.00 bits per heavy atom. The monoisotopic (exact) mass is 329 g/mol. The predicted molar refractivity (Wildman–Crippen MR) is 92.3 cm³/mol. The number of halogens is 1. The van der Waals surface area contributed by atoms with Crippen molar-refractivity contribution in [2.75, 3.05) is 0 Å². The summed E-state index contributed by atoms with van der Waals surface area (Å²) < 4.78 is 18.7. The fraction of sp³-hybridized carbons (Fsp3) is 0.400. The molecular formula is C20H24FNO2. The molecule has 1 fully saturated rings. The van der Waals surface area contributed by atoms with Crippen LogP contribution in [0.4, 0.5) is 4.39 Å². The average molecular weight is 329 g/mol. The van der Waals surface area contributed by atoms with Gasteiger partial charge in [-0.3, -0.25) is 0 Å². The van der Waals surface area contributed by atoms with E-state index >= 15 is 0 Å². The standard InChI is InChI=1S/C20H24FNO2/c21-17-6-4-15(5-7-17)14-24-20-3-1-2-16(12-20)13-22-18-8-10-19(23)11-9-18/h1-7,12,18-19,22-23H,8-11,13-14H2. The van der Waals surface area contributed by atoms with Gasteiger partial charge in [0.1, 0.15) is 18.2 Å². The van der Waals surface area contributed by atoms with Crippen LogP contribution >= 0.6 is 0 Å². The first-order valence-corrected chi connectivity index (χ1v) is 8.57. The Morgan fingerprint density at radius 3 is 2.50 bits per heavy atom. The summed E-state index contributed by atoms with van der Waals surface area (Å²) in [5, 5.41) is 13.1. The van der Waals surface area contributed by atoms with Crippen LogP contribution in [0.5, 0.6) is 5.75 Å². The molecule has 0 spiro atoms. The minimum Gasteiger partial charge on any atom is -0.489 e. The highest BCUT2D eigenvalue weighted by Crippen LogP contribution is 2.20. The van der Waals surface area contributed by atoms with E-state index in [0.717, 1.165) is 43.5 Å². The number of aliphatic hydroxyl groups excluding tert-OH is 1. The number of hydrogen-bond donors (Lipinski definition) is 2. The van der Waals surface area contributed by atoms with Gasteiger partial charge in [0, 0.05) is 12.6 Å². The van der Waals surface area contributed by atoms with Crippen molar-refractivity contribution in [3.63, 3.8) is 0 Å². The van der Waals surface area contributed by atoms with Gasteiger partial charge in [0.25, 0.3) is 0 Å². The second kappa shape index (κ2) is 8.27. The zero-order valence-corrected chi connectivity index (χ0v) is 13.7. The molecule has 0 heterocycles. The topological polar surface area (TPSA) is 41.5 Å². The molecule has 2 aromatic carbocycles. The van der Waals surface area contributed by atoms with Crippen molar-refractivity contribution < 1.29 is 14.2 Å². The molecule has 128 valence electrons. The van der Waals surface area contributed by atoms with Gasteiger partial charge in [-0.1, -0.05) is 24.3 Å². The van der Waals surface area contributed by atoms with E-state index in [1.807, 2.05) is 18.2 Å². The van der Waals surface area contributed by atoms with Gasteiger partial charge < -0.3 is 15.2 Å². The van der Waals surface area contributed by atoms with E-state index < -0.39 is 0 Å². The first-order valence-electron chi connectivity index (χ1n) is 8.57. The molecule has 1 saturated carbocycles. The van der Waals surface area contributed by atoms with Crippen molar-refractivity contribution in [2.24, 2.45) is 0 Å². The molecular weight excluding hydrogens is 305 g/mol. The first-order chi connectivity index (χ1) is 11.7. The van der Waals surface area contributed by atoms with Crippen LogP contribution in [0.15, 0.2) is 48.5 Å². The molecule has 0 aliphatic heterocycles. The second-order valence-electron chi connectivity index (χ2n) is 6.45. The molecule has 4 heteroatoms. The molecule has 3 nitrogen and oxygen atoms in total. The summed E-state index contributed by atoms with van der Waals surface area (Å²) in [7, 11) is 0. The molecule has 0 bridgehead atoms. The largest absolute Gasteiger partial charge is 0.489 e. The summed E-state index contributed by atoms with van der Waals surface area (Å²) in [6.07, 6.45) is 3.71. The Balaban J connectivity index is 1.49. The Morgan fingerprint density at radius 2 is 1.75 bits per heavy atom. The summed E-state index contributed by atoms with van der Waals surface area (Å²) in [5.74, 6) is 0.583. The zero-order chi connectivity index (χ0) is 16.8. The highest BCUT2D eigenvalue weighted by molar-refractivity contribution is 5.29. The van der Waals surface area contributed by atoms with Crippen LogP contribution in [0, 0.1) is 5.82 Å². The van der Waals surface area contributed by atoms with Gasteiger partial charge in [-0.25, -0.2) is 4.39 Å². The molecule has 2 N–H and O–H groups in total. The van der Waals surface area contributed by atoms with Gasteiger partial charge in [0.05, 0.1) is 6.10 Å². The first kappa shape index (κ1) is 16.9. The van der Waals surface area contributed by atoms with Crippen molar-refractivity contribution in [1.82, 2.24) is 5.32 Å². The van der Waals surface area contributed by atoms with Crippen LogP contribution in [-0.4, -0.2) is 17.3 Å².